The Morgan fingerprint density at radius 3 is 1.86 bits per heavy atom. The highest BCUT2D eigenvalue weighted by atomic mass is 16.3. The number of hydrogen-bond donors (Lipinski definition) is 2. The molecule has 0 heterocycles. The van der Waals surface area contributed by atoms with Crippen molar-refractivity contribution in [2.75, 3.05) is 0 Å². The fourth-order valence-corrected chi connectivity index (χ4v) is 0.341. The van der Waals surface area contributed by atoms with Crippen molar-refractivity contribution in [2.24, 2.45) is 0 Å². The first kappa shape index (κ1) is 6.92. The van der Waals surface area contributed by atoms with Crippen LogP contribution in [-0.2, 0) is 0 Å². The third kappa shape index (κ3) is 2.60. The van der Waals surface area contributed by atoms with E-state index >= 15 is 0 Å². The lowest BCUT2D eigenvalue weighted by molar-refractivity contribution is 0.0294. The third-order valence-corrected chi connectivity index (χ3v) is 0.975. The van der Waals surface area contributed by atoms with E-state index in [4.69, 9.17) is 10.2 Å². The van der Waals surface area contributed by atoms with Crippen LogP contribution in [0.4, 0.5) is 0 Å². The van der Waals surface area contributed by atoms with Crippen molar-refractivity contribution in [1.82, 2.24) is 0 Å². The van der Waals surface area contributed by atoms with Crippen LogP contribution in [0.25, 0.3) is 0 Å². The lowest BCUT2D eigenvalue weighted by Gasteiger charge is -2.08. The highest BCUT2D eigenvalue weighted by molar-refractivity contribution is 4.56. The molecule has 0 radical (unpaired) electrons. The number of rotatable bonds is 2. The van der Waals surface area contributed by atoms with E-state index in [1.54, 1.807) is 6.92 Å². The molecule has 2 N–H and O–H groups in total. The van der Waals surface area contributed by atoms with Crippen LogP contribution in [0.3, 0.4) is 0 Å². The second-order valence-electron chi connectivity index (χ2n) is 1.72. The van der Waals surface area contributed by atoms with Crippen molar-refractivity contribution in [3.63, 3.8) is 0 Å². The monoisotopic (exact) mass is 104 g/mol. The van der Waals surface area contributed by atoms with E-state index in [-0.39, 0.29) is 0 Å². The summed E-state index contributed by atoms with van der Waals surface area (Å²) in [5.74, 6) is 0. The normalized spacial score (nSPS) is 18.9. The van der Waals surface area contributed by atoms with Gasteiger partial charge in [-0.1, -0.05) is 6.92 Å². The van der Waals surface area contributed by atoms with E-state index in [1.807, 2.05) is 6.92 Å². The Morgan fingerprint density at radius 2 is 1.86 bits per heavy atom. The average molecular weight is 104 g/mol. The maximum Gasteiger partial charge on any atom is 0.0793 e. The first-order valence-corrected chi connectivity index (χ1v) is 2.54. The highest BCUT2D eigenvalue weighted by Crippen LogP contribution is 1.94. The lowest BCUT2D eigenvalue weighted by atomic mass is 10.2. The van der Waals surface area contributed by atoms with E-state index < -0.39 is 12.2 Å². The quantitative estimate of drug-likeness (QED) is 0.523. The Kier molecular flexibility index (Phi) is 2.96. The Labute approximate surface area is 43.8 Å². The van der Waals surface area contributed by atoms with Crippen molar-refractivity contribution >= 4 is 0 Å². The molecule has 0 aromatic rings. The first-order chi connectivity index (χ1) is 3.18. The summed E-state index contributed by atoms with van der Waals surface area (Å²) in [5, 5.41) is 17.3. The number of aliphatic hydroxyl groups is 2. The zero-order valence-corrected chi connectivity index (χ0v) is 4.76. The second-order valence-corrected chi connectivity index (χ2v) is 1.72. The minimum atomic E-state index is -0.579. The minimum absolute atomic E-state index is 0.542. The van der Waals surface area contributed by atoms with E-state index in [0.717, 1.165) is 0 Å². The van der Waals surface area contributed by atoms with E-state index in [9.17, 15) is 0 Å². The van der Waals surface area contributed by atoms with Crippen LogP contribution in [-0.4, -0.2) is 22.4 Å². The molecule has 0 aliphatic carbocycles. The maximum absolute atomic E-state index is 8.69. The second kappa shape index (κ2) is 2.99. The van der Waals surface area contributed by atoms with Gasteiger partial charge in [-0.25, -0.2) is 0 Å². The zero-order chi connectivity index (χ0) is 5.86. The van der Waals surface area contributed by atoms with Gasteiger partial charge in [-0.05, 0) is 13.3 Å². The van der Waals surface area contributed by atoms with Gasteiger partial charge >= 0.3 is 0 Å². The van der Waals surface area contributed by atoms with Crippen LogP contribution < -0.4 is 0 Å². The van der Waals surface area contributed by atoms with E-state index in [0.29, 0.717) is 6.42 Å². The van der Waals surface area contributed by atoms with Gasteiger partial charge < -0.3 is 10.2 Å². The molecule has 2 nitrogen and oxygen atoms in total. The standard InChI is InChI=1S/C5H12O2/c1-3-5(7)4(2)6/h4-7H,3H2,1-2H3/t4-,5+/m1/s1. The molecule has 7 heavy (non-hydrogen) atoms. The molecule has 0 spiro atoms. The molecule has 0 fully saturated rings. The van der Waals surface area contributed by atoms with Crippen molar-refractivity contribution in [3.8, 4) is 0 Å². The van der Waals surface area contributed by atoms with Gasteiger partial charge in [0.2, 0.25) is 0 Å². The lowest BCUT2D eigenvalue weighted by Crippen LogP contribution is -2.20. The summed E-state index contributed by atoms with van der Waals surface area (Å²) in [7, 11) is 0. The first-order valence-electron chi connectivity index (χ1n) is 2.54. The topological polar surface area (TPSA) is 40.5 Å². The molecule has 0 aliphatic heterocycles. The molecule has 2 atom stereocenters. The van der Waals surface area contributed by atoms with Crippen LogP contribution in [0.1, 0.15) is 20.3 Å². The average Bonchev–Trinajstić information content (AvgIpc) is 1.65. The zero-order valence-electron chi connectivity index (χ0n) is 4.76. The Morgan fingerprint density at radius 1 is 1.43 bits per heavy atom. The van der Waals surface area contributed by atoms with Gasteiger partial charge in [-0.2, -0.15) is 0 Å². The number of hydrogen-bond acceptors (Lipinski definition) is 2. The number of aliphatic hydroxyl groups excluding tert-OH is 2. The summed E-state index contributed by atoms with van der Waals surface area (Å²) < 4.78 is 0. The van der Waals surface area contributed by atoms with Gasteiger partial charge in [0, 0.05) is 0 Å². The largest absolute Gasteiger partial charge is 0.391 e. The summed E-state index contributed by atoms with van der Waals surface area (Å²) in [4.78, 5) is 0. The van der Waals surface area contributed by atoms with Crippen molar-refractivity contribution in [1.29, 1.82) is 0 Å². The summed E-state index contributed by atoms with van der Waals surface area (Å²) in [5.41, 5.74) is 0. The molecular formula is C5H12O2. The molecular weight excluding hydrogens is 92.1 g/mol. The molecule has 0 amide bonds. The van der Waals surface area contributed by atoms with Crippen molar-refractivity contribution < 1.29 is 10.2 Å². The molecule has 0 unspecified atom stereocenters. The molecule has 0 aromatic carbocycles. The predicted octanol–water partition coefficient (Wildman–Crippen LogP) is 0.138. The Hall–Kier alpha value is -0.0800. The molecule has 0 bridgehead atoms. The molecule has 44 valence electrons. The summed E-state index contributed by atoms with van der Waals surface area (Å²) in [6.45, 7) is 3.41. The predicted molar refractivity (Wildman–Crippen MR) is 28.0 cm³/mol. The van der Waals surface area contributed by atoms with Gasteiger partial charge in [0.15, 0.2) is 0 Å². The van der Waals surface area contributed by atoms with Crippen LogP contribution in [0.15, 0.2) is 0 Å². The molecule has 0 rings (SSSR count). The summed E-state index contributed by atoms with van der Waals surface area (Å²) in [6, 6.07) is 0. The van der Waals surface area contributed by atoms with Crippen molar-refractivity contribution in [3.05, 3.63) is 0 Å². The third-order valence-electron chi connectivity index (χ3n) is 0.975. The maximum atomic E-state index is 8.69. The van der Waals surface area contributed by atoms with Crippen molar-refractivity contribution in [2.45, 2.75) is 32.5 Å². The van der Waals surface area contributed by atoms with Gasteiger partial charge in [0.05, 0.1) is 12.2 Å². The van der Waals surface area contributed by atoms with Gasteiger partial charge in [0.25, 0.3) is 0 Å². The Balaban J connectivity index is 3.14. The smallest absolute Gasteiger partial charge is 0.0793 e. The molecule has 0 aromatic heterocycles. The fraction of sp³-hybridized carbons (Fsp3) is 1.00. The van der Waals surface area contributed by atoms with Crippen LogP contribution in [0.2, 0.25) is 0 Å². The molecule has 0 aliphatic rings. The van der Waals surface area contributed by atoms with Crippen LogP contribution in [0.5, 0.6) is 0 Å². The van der Waals surface area contributed by atoms with Gasteiger partial charge in [0.1, 0.15) is 0 Å². The molecule has 0 saturated carbocycles. The highest BCUT2D eigenvalue weighted by Gasteiger charge is 2.05. The molecule has 2 heteroatoms. The fourth-order valence-electron chi connectivity index (χ4n) is 0.341. The van der Waals surface area contributed by atoms with Crippen LogP contribution in [0, 0.1) is 0 Å². The minimum Gasteiger partial charge on any atom is -0.391 e. The molecule has 0 saturated heterocycles. The summed E-state index contributed by atoms with van der Waals surface area (Å²) >= 11 is 0. The summed E-state index contributed by atoms with van der Waals surface area (Å²) in [6.07, 6.45) is -0.498. The Bertz CT molecular complexity index is 43.3. The SMILES string of the molecule is CC[C@H](O)[C@@H](C)O. The van der Waals surface area contributed by atoms with E-state index in [2.05, 4.69) is 0 Å². The van der Waals surface area contributed by atoms with Gasteiger partial charge in [-0.3, -0.25) is 0 Å². The van der Waals surface area contributed by atoms with Gasteiger partial charge in [-0.15, -0.1) is 0 Å². The van der Waals surface area contributed by atoms with E-state index in [1.165, 1.54) is 0 Å². The van der Waals surface area contributed by atoms with Crippen LogP contribution >= 0.6 is 0 Å².